The maximum absolute atomic E-state index is 12.5. The summed E-state index contributed by atoms with van der Waals surface area (Å²) in [5.41, 5.74) is 3.37. The number of nitrogens with zero attached hydrogens (tertiary/aromatic N) is 2. The SMILES string of the molecule is CC(C)c1ccc(C(NC(=O)CCc2nc(-c3ccsc3)no2)C(C)C)cc1. The van der Waals surface area contributed by atoms with E-state index in [2.05, 4.69) is 67.4 Å². The van der Waals surface area contributed by atoms with E-state index in [0.717, 1.165) is 11.1 Å². The van der Waals surface area contributed by atoms with Crippen molar-refractivity contribution in [2.24, 2.45) is 5.92 Å². The van der Waals surface area contributed by atoms with E-state index in [1.165, 1.54) is 5.56 Å². The monoisotopic (exact) mass is 397 g/mol. The van der Waals surface area contributed by atoms with Gasteiger partial charge in [0.25, 0.3) is 0 Å². The second-order valence-electron chi connectivity index (χ2n) is 7.63. The van der Waals surface area contributed by atoms with Crippen LogP contribution in [-0.2, 0) is 11.2 Å². The van der Waals surface area contributed by atoms with E-state index >= 15 is 0 Å². The minimum atomic E-state index is -0.0160. The van der Waals surface area contributed by atoms with Gasteiger partial charge in [0.2, 0.25) is 17.6 Å². The molecule has 28 heavy (non-hydrogen) atoms. The summed E-state index contributed by atoms with van der Waals surface area (Å²) in [5.74, 6) is 1.83. The highest BCUT2D eigenvalue weighted by atomic mass is 32.1. The molecule has 0 radical (unpaired) electrons. The summed E-state index contributed by atoms with van der Waals surface area (Å²) in [5, 5.41) is 11.1. The fourth-order valence-corrected chi connectivity index (χ4v) is 3.69. The number of hydrogen-bond acceptors (Lipinski definition) is 5. The first-order chi connectivity index (χ1) is 13.4. The van der Waals surface area contributed by atoms with Crippen molar-refractivity contribution in [2.75, 3.05) is 0 Å². The molecule has 0 bridgehead atoms. The molecular formula is C22H27N3O2S. The number of aryl methyl sites for hydroxylation is 1. The molecule has 0 fully saturated rings. The normalized spacial score (nSPS) is 12.5. The lowest BCUT2D eigenvalue weighted by molar-refractivity contribution is -0.122. The molecule has 1 atom stereocenters. The van der Waals surface area contributed by atoms with Crippen LogP contribution in [0.4, 0.5) is 0 Å². The first-order valence-electron chi connectivity index (χ1n) is 9.68. The molecule has 0 aliphatic carbocycles. The Morgan fingerprint density at radius 1 is 1.11 bits per heavy atom. The molecule has 0 aliphatic heterocycles. The van der Waals surface area contributed by atoms with E-state index in [4.69, 9.17) is 4.52 Å². The topological polar surface area (TPSA) is 68.0 Å². The highest BCUT2D eigenvalue weighted by molar-refractivity contribution is 7.08. The van der Waals surface area contributed by atoms with Crippen LogP contribution in [0, 0.1) is 5.92 Å². The van der Waals surface area contributed by atoms with Gasteiger partial charge < -0.3 is 9.84 Å². The molecule has 148 valence electrons. The van der Waals surface area contributed by atoms with Crippen molar-refractivity contribution in [1.29, 1.82) is 0 Å². The van der Waals surface area contributed by atoms with E-state index in [-0.39, 0.29) is 11.9 Å². The van der Waals surface area contributed by atoms with E-state index in [1.807, 2.05) is 16.8 Å². The maximum Gasteiger partial charge on any atom is 0.227 e. The molecule has 2 aromatic heterocycles. The number of aromatic nitrogens is 2. The molecule has 0 saturated carbocycles. The standard InChI is InChI=1S/C22H27N3O2S/c1-14(2)16-5-7-17(8-6-16)21(15(3)4)23-19(26)9-10-20-24-22(25-27-20)18-11-12-28-13-18/h5-8,11-15,21H,9-10H2,1-4H3,(H,23,26). The van der Waals surface area contributed by atoms with Gasteiger partial charge in [-0.05, 0) is 34.4 Å². The Morgan fingerprint density at radius 2 is 1.82 bits per heavy atom. The summed E-state index contributed by atoms with van der Waals surface area (Å²) in [4.78, 5) is 16.9. The largest absolute Gasteiger partial charge is 0.349 e. The van der Waals surface area contributed by atoms with Crippen molar-refractivity contribution >= 4 is 17.2 Å². The van der Waals surface area contributed by atoms with Crippen LogP contribution in [-0.4, -0.2) is 16.0 Å². The van der Waals surface area contributed by atoms with Crippen molar-refractivity contribution in [1.82, 2.24) is 15.5 Å². The van der Waals surface area contributed by atoms with Crippen LogP contribution < -0.4 is 5.32 Å². The average Bonchev–Trinajstić information content (AvgIpc) is 3.35. The molecule has 1 unspecified atom stereocenters. The number of carbonyl (C=O) groups is 1. The molecule has 0 saturated heterocycles. The van der Waals surface area contributed by atoms with Crippen LogP contribution in [0.25, 0.3) is 11.4 Å². The van der Waals surface area contributed by atoms with Gasteiger partial charge in [-0.1, -0.05) is 57.1 Å². The Balaban J connectivity index is 1.58. The number of rotatable bonds is 8. The van der Waals surface area contributed by atoms with Crippen molar-refractivity contribution in [3.63, 3.8) is 0 Å². The molecule has 6 heteroatoms. The summed E-state index contributed by atoms with van der Waals surface area (Å²) in [6.07, 6.45) is 0.749. The maximum atomic E-state index is 12.5. The van der Waals surface area contributed by atoms with E-state index in [1.54, 1.807) is 11.3 Å². The zero-order valence-corrected chi connectivity index (χ0v) is 17.6. The lowest BCUT2D eigenvalue weighted by atomic mass is 9.93. The zero-order valence-electron chi connectivity index (χ0n) is 16.8. The quantitative estimate of drug-likeness (QED) is 0.555. The third kappa shape index (κ3) is 5.07. The zero-order chi connectivity index (χ0) is 20.1. The molecule has 1 amide bonds. The first kappa shape index (κ1) is 20.3. The Kier molecular flexibility index (Phi) is 6.62. The molecule has 5 nitrogen and oxygen atoms in total. The Labute approximate surface area is 170 Å². The second kappa shape index (κ2) is 9.15. The van der Waals surface area contributed by atoms with Gasteiger partial charge in [-0.25, -0.2) is 0 Å². The molecular weight excluding hydrogens is 370 g/mol. The van der Waals surface area contributed by atoms with Gasteiger partial charge in [0.1, 0.15) is 0 Å². The molecule has 0 aliphatic rings. The fourth-order valence-electron chi connectivity index (χ4n) is 3.05. The summed E-state index contributed by atoms with van der Waals surface area (Å²) >= 11 is 1.59. The Hall–Kier alpha value is -2.47. The van der Waals surface area contributed by atoms with Crippen LogP contribution in [0.2, 0.25) is 0 Å². The van der Waals surface area contributed by atoms with Crippen LogP contribution in [0.5, 0.6) is 0 Å². The number of hydrogen-bond donors (Lipinski definition) is 1. The summed E-state index contributed by atoms with van der Waals surface area (Å²) in [6, 6.07) is 10.5. The molecule has 3 aromatic rings. The Bertz CT molecular complexity index is 883. The van der Waals surface area contributed by atoms with Gasteiger partial charge in [0.15, 0.2) is 0 Å². The predicted molar refractivity (Wildman–Crippen MR) is 112 cm³/mol. The number of benzene rings is 1. The van der Waals surface area contributed by atoms with Gasteiger partial charge in [0.05, 0.1) is 6.04 Å². The molecule has 0 spiro atoms. The number of nitrogens with one attached hydrogen (secondary N) is 1. The summed E-state index contributed by atoms with van der Waals surface area (Å²) in [7, 11) is 0. The first-order valence-corrected chi connectivity index (χ1v) is 10.6. The molecule has 2 heterocycles. The average molecular weight is 398 g/mol. The van der Waals surface area contributed by atoms with Crippen molar-refractivity contribution in [3.8, 4) is 11.4 Å². The minimum Gasteiger partial charge on any atom is -0.349 e. The lowest BCUT2D eigenvalue weighted by Gasteiger charge is -2.23. The highest BCUT2D eigenvalue weighted by Gasteiger charge is 2.19. The van der Waals surface area contributed by atoms with E-state index < -0.39 is 0 Å². The number of thiophene rings is 1. The third-order valence-corrected chi connectivity index (χ3v) is 5.44. The Morgan fingerprint density at radius 3 is 2.43 bits per heavy atom. The number of carbonyl (C=O) groups excluding carboxylic acids is 1. The van der Waals surface area contributed by atoms with Crippen molar-refractivity contribution < 1.29 is 9.32 Å². The van der Waals surface area contributed by atoms with Crippen LogP contribution >= 0.6 is 11.3 Å². The molecule has 3 rings (SSSR count). The van der Waals surface area contributed by atoms with Gasteiger partial charge in [-0.15, -0.1) is 0 Å². The van der Waals surface area contributed by atoms with Gasteiger partial charge >= 0.3 is 0 Å². The highest BCUT2D eigenvalue weighted by Crippen LogP contribution is 2.24. The second-order valence-corrected chi connectivity index (χ2v) is 8.41. The fraction of sp³-hybridized carbons (Fsp3) is 0.409. The number of amides is 1. The third-order valence-electron chi connectivity index (χ3n) is 4.76. The van der Waals surface area contributed by atoms with Gasteiger partial charge in [0, 0.05) is 23.8 Å². The van der Waals surface area contributed by atoms with Crippen LogP contribution in [0.1, 0.15) is 63.1 Å². The summed E-state index contributed by atoms with van der Waals surface area (Å²) in [6.45, 7) is 8.59. The van der Waals surface area contributed by atoms with Crippen molar-refractivity contribution in [3.05, 3.63) is 58.1 Å². The molecule has 1 N–H and O–H groups in total. The molecule has 1 aromatic carbocycles. The van der Waals surface area contributed by atoms with Crippen LogP contribution in [0.15, 0.2) is 45.6 Å². The lowest BCUT2D eigenvalue weighted by Crippen LogP contribution is -2.31. The minimum absolute atomic E-state index is 0.0121. The van der Waals surface area contributed by atoms with Gasteiger partial charge in [-0.2, -0.15) is 16.3 Å². The smallest absolute Gasteiger partial charge is 0.227 e. The van der Waals surface area contributed by atoms with E-state index in [9.17, 15) is 4.79 Å². The summed E-state index contributed by atoms with van der Waals surface area (Å²) < 4.78 is 5.27. The van der Waals surface area contributed by atoms with Crippen molar-refractivity contribution in [2.45, 2.75) is 52.5 Å². The van der Waals surface area contributed by atoms with Gasteiger partial charge in [-0.3, -0.25) is 4.79 Å². The van der Waals surface area contributed by atoms with E-state index in [0.29, 0.717) is 36.4 Å². The van der Waals surface area contributed by atoms with Crippen LogP contribution in [0.3, 0.4) is 0 Å². The predicted octanol–water partition coefficient (Wildman–Crippen LogP) is 5.37.